The highest BCUT2D eigenvalue weighted by Crippen LogP contribution is 2.40. The minimum atomic E-state index is -0.401. The molecule has 0 saturated heterocycles. The number of carbonyl (C=O) groups excluding carboxylic acids is 1. The normalized spacial score (nSPS) is 13.6. The summed E-state index contributed by atoms with van der Waals surface area (Å²) in [5.41, 5.74) is 4.18. The molecule has 1 aromatic heterocycles. The smallest absolute Gasteiger partial charge is 0.323 e. The Morgan fingerprint density at radius 3 is 2.51 bits per heavy atom. The van der Waals surface area contributed by atoms with Crippen molar-refractivity contribution in [3.8, 4) is 11.6 Å². The Hall–Kier alpha value is -5.16. The number of urea groups is 1. The van der Waals surface area contributed by atoms with E-state index in [9.17, 15) is 4.79 Å². The Labute approximate surface area is 237 Å². The van der Waals surface area contributed by atoms with Crippen LogP contribution in [0, 0.1) is 0 Å². The second kappa shape index (κ2) is 13.8. The molecule has 0 fully saturated rings. The fraction of sp³-hybridized carbons (Fsp3) is 0.200. The summed E-state index contributed by atoms with van der Waals surface area (Å²) in [7, 11) is 0. The van der Waals surface area contributed by atoms with Gasteiger partial charge < -0.3 is 35.8 Å². The topological polar surface area (TPSA) is 142 Å². The molecule has 210 valence electrons. The summed E-state index contributed by atoms with van der Waals surface area (Å²) in [5.74, 6) is 1.86. The largest absolute Gasteiger partial charge is 0.488 e. The standard InChI is InChI=1S/C30H31N7O4/c38-18-16-31-17-19-40-25-12-8-22(9-13-25)28-37-26-27(33-20-34-29(26)41-28)32-15-14-21-6-10-24(11-7-21)36-30(39)35-23-4-2-1-3-5-23/h1-13,17,20,28,37-38H,14-16,18-19H2,(H,32,33,34)(H2,35,36,39)/b31-17-. The molecule has 2 amide bonds. The van der Waals surface area contributed by atoms with Gasteiger partial charge in [0.25, 0.3) is 0 Å². The Balaban J connectivity index is 1.09. The van der Waals surface area contributed by atoms with Crippen LogP contribution in [-0.2, 0) is 6.42 Å². The van der Waals surface area contributed by atoms with Crippen LogP contribution < -0.4 is 30.7 Å². The summed E-state index contributed by atoms with van der Waals surface area (Å²) in [6, 6.07) is 24.3. The number of benzene rings is 3. The molecule has 0 radical (unpaired) electrons. The first-order valence-corrected chi connectivity index (χ1v) is 13.2. The van der Waals surface area contributed by atoms with Gasteiger partial charge >= 0.3 is 6.03 Å². The van der Waals surface area contributed by atoms with Crippen molar-refractivity contribution in [2.45, 2.75) is 12.6 Å². The molecule has 0 spiro atoms. The predicted molar refractivity (Wildman–Crippen MR) is 159 cm³/mol. The first kappa shape index (κ1) is 27.4. The monoisotopic (exact) mass is 553 g/mol. The number of aromatic nitrogens is 2. The molecule has 1 aliphatic heterocycles. The van der Waals surface area contributed by atoms with E-state index in [1.165, 1.54) is 6.33 Å². The summed E-state index contributed by atoms with van der Waals surface area (Å²) in [5, 5.41) is 21.1. The lowest BCUT2D eigenvalue weighted by atomic mass is 10.1. The highest BCUT2D eigenvalue weighted by Gasteiger charge is 2.27. The zero-order chi connectivity index (χ0) is 28.3. The number of hydrogen-bond acceptors (Lipinski definition) is 9. The number of nitrogens with one attached hydrogen (secondary N) is 4. The van der Waals surface area contributed by atoms with Gasteiger partial charge in [0, 0.05) is 29.7 Å². The molecule has 1 atom stereocenters. The lowest BCUT2D eigenvalue weighted by molar-refractivity contribution is 0.250. The number of fused-ring (bicyclic) bond motifs is 1. The third kappa shape index (κ3) is 7.70. The molecular weight excluding hydrogens is 522 g/mol. The molecule has 5 N–H and O–H groups in total. The van der Waals surface area contributed by atoms with Gasteiger partial charge in [0.1, 0.15) is 24.4 Å². The number of para-hydroxylation sites is 1. The van der Waals surface area contributed by atoms with Crippen LogP contribution in [0.3, 0.4) is 0 Å². The van der Waals surface area contributed by atoms with Crippen molar-refractivity contribution in [2.75, 3.05) is 47.6 Å². The molecule has 11 nitrogen and oxygen atoms in total. The van der Waals surface area contributed by atoms with E-state index >= 15 is 0 Å². The molecule has 5 rings (SSSR count). The van der Waals surface area contributed by atoms with Crippen LogP contribution in [0.25, 0.3) is 0 Å². The lowest BCUT2D eigenvalue weighted by Gasteiger charge is -2.12. The predicted octanol–water partition coefficient (Wildman–Crippen LogP) is 4.72. The molecular formula is C30H31N7O4. The van der Waals surface area contributed by atoms with Crippen LogP contribution in [0.4, 0.5) is 27.7 Å². The van der Waals surface area contributed by atoms with E-state index in [1.54, 1.807) is 6.21 Å². The summed E-state index contributed by atoms with van der Waals surface area (Å²) in [6.45, 7) is 1.37. The maximum atomic E-state index is 12.2. The average molecular weight is 554 g/mol. The maximum absolute atomic E-state index is 12.2. The average Bonchev–Trinajstić information content (AvgIpc) is 3.44. The van der Waals surface area contributed by atoms with Gasteiger partial charge in [-0.15, -0.1) is 0 Å². The zero-order valence-corrected chi connectivity index (χ0v) is 22.3. The third-order valence-corrected chi connectivity index (χ3v) is 6.13. The van der Waals surface area contributed by atoms with Crippen molar-refractivity contribution in [1.29, 1.82) is 0 Å². The first-order valence-electron chi connectivity index (χ1n) is 13.2. The van der Waals surface area contributed by atoms with Crippen molar-refractivity contribution >= 4 is 35.1 Å². The molecule has 0 aliphatic carbocycles. The summed E-state index contributed by atoms with van der Waals surface area (Å²) >= 11 is 0. The Morgan fingerprint density at radius 1 is 1.00 bits per heavy atom. The summed E-state index contributed by atoms with van der Waals surface area (Å²) in [6.07, 6.45) is 3.46. The van der Waals surface area contributed by atoms with E-state index in [1.807, 2.05) is 78.9 Å². The second-order valence-electron chi connectivity index (χ2n) is 9.06. The fourth-order valence-electron chi connectivity index (χ4n) is 4.12. The van der Waals surface area contributed by atoms with Gasteiger partial charge in [-0.25, -0.2) is 9.78 Å². The maximum Gasteiger partial charge on any atom is 0.323 e. The van der Waals surface area contributed by atoms with Gasteiger partial charge in [-0.2, -0.15) is 4.98 Å². The van der Waals surface area contributed by atoms with Crippen LogP contribution >= 0.6 is 0 Å². The van der Waals surface area contributed by atoms with E-state index < -0.39 is 6.23 Å². The van der Waals surface area contributed by atoms with Gasteiger partial charge in [-0.1, -0.05) is 30.3 Å². The molecule has 0 saturated carbocycles. The highest BCUT2D eigenvalue weighted by molar-refractivity contribution is 5.99. The number of hydrogen-bond donors (Lipinski definition) is 5. The van der Waals surface area contributed by atoms with Crippen LogP contribution in [0.15, 0.2) is 90.2 Å². The van der Waals surface area contributed by atoms with E-state index in [-0.39, 0.29) is 12.6 Å². The van der Waals surface area contributed by atoms with E-state index in [0.717, 1.165) is 23.2 Å². The number of carbonyl (C=O) groups is 1. The van der Waals surface area contributed by atoms with Crippen molar-refractivity contribution in [1.82, 2.24) is 9.97 Å². The number of amides is 2. The van der Waals surface area contributed by atoms with E-state index in [2.05, 4.69) is 36.2 Å². The molecule has 11 heteroatoms. The quantitative estimate of drug-likeness (QED) is 0.159. The van der Waals surface area contributed by atoms with Gasteiger partial charge in [-0.3, -0.25) is 4.99 Å². The van der Waals surface area contributed by atoms with Gasteiger partial charge in [0.05, 0.1) is 13.2 Å². The molecule has 2 heterocycles. The van der Waals surface area contributed by atoms with Crippen LogP contribution in [0.1, 0.15) is 17.4 Å². The summed E-state index contributed by atoms with van der Waals surface area (Å²) in [4.78, 5) is 24.9. The van der Waals surface area contributed by atoms with Gasteiger partial charge in [0.2, 0.25) is 5.88 Å². The molecule has 4 aromatic rings. The van der Waals surface area contributed by atoms with E-state index in [0.29, 0.717) is 48.5 Å². The van der Waals surface area contributed by atoms with Crippen LogP contribution in [0.5, 0.6) is 11.6 Å². The lowest BCUT2D eigenvalue weighted by Crippen LogP contribution is -2.19. The first-order chi connectivity index (χ1) is 20.2. The molecule has 1 aliphatic rings. The van der Waals surface area contributed by atoms with Crippen molar-refractivity contribution < 1.29 is 19.4 Å². The molecule has 3 aromatic carbocycles. The van der Waals surface area contributed by atoms with Gasteiger partial charge in [0.15, 0.2) is 12.0 Å². The zero-order valence-electron chi connectivity index (χ0n) is 22.3. The molecule has 0 bridgehead atoms. The molecule has 1 unspecified atom stereocenters. The number of nitrogens with zero attached hydrogens (tertiary/aromatic N) is 3. The third-order valence-electron chi connectivity index (χ3n) is 6.13. The number of aliphatic hydroxyl groups excluding tert-OH is 1. The Kier molecular flexibility index (Phi) is 9.20. The number of ether oxygens (including phenoxy) is 2. The van der Waals surface area contributed by atoms with Crippen LogP contribution in [-0.4, -0.2) is 53.6 Å². The fourth-order valence-corrected chi connectivity index (χ4v) is 4.12. The molecule has 41 heavy (non-hydrogen) atoms. The minimum Gasteiger partial charge on any atom is -0.488 e. The minimum absolute atomic E-state index is 0.0216. The number of anilines is 4. The number of rotatable bonds is 12. The van der Waals surface area contributed by atoms with Crippen molar-refractivity contribution in [2.24, 2.45) is 4.99 Å². The second-order valence-corrected chi connectivity index (χ2v) is 9.06. The van der Waals surface area contributed by atoms with Crippen molar-refractivity contribution in [3.63, 3.8) is 0 Å². The van der Waals surface area contributed by atoms with Gasteiger partial charge in [-0.05, 0) is 60.5 Å². The number of aliphatic imine (C=N–C) groups is 1. The van der Waals surface area contributed by atoms with E-state index in [4.69, 9.17) is 14.6 Å². The summed E-state index contributed by atoms with van der Waals surface area (Å²) < 4.78 is 11.6. The van der Waals surface area contributed by atoms with Crippen LogP contribution in [0.2, 0.25) is 0 Å². The Bertz CT molecular complexity index is 1450. The van der Waals surface area contributed by atoms with Crippen molar-refractivity contribution in [3.05, 3.63) is 96.3 Å². The SMILES string of the molecule is O=C(Nc1ccccc1)Nc1ccc(CCNc2ncnc3c2NC(c2ccc(OC/C=N\CCO)cc2)O3)cc1. The number of aliphatic hydroxyl groups is 1. The highest BCUT2D eigenvalue weighted by atomic mass is 16.5. The Morgan fingerprint density at radius 2 is 1.76 bits per heavy atom.